The number of carbonyl (C=O) groups excluding carboxylic acids is 1. The molecule has 9 heteroatoms. The number of aliphatic hydroxyl groups is 1. The van der Waals surface area contributed by atoms with E-state index in [1.165, 1.54) is 24.3 Å². The van der Waals surface area contributed by atoms with Crippen LogP contribution in [0.25, 0.3) is 0 Å². The second kappa shape index (κ2) is 7.55. The molecular formula is C13H16F2N2O5. The van der Waals surface area contributed by atoms with Crippen molar-refractivity contribution < 1.29 is 33.3 Å². The maximum Gasteiger partial charge on any atom is 0.337 e. The molecule has 0 aliphatic heterocycles. The van der Waals surface area contributed by atoms with Crippen LogP contribution in [-0.2, 0) is 4.79 Å². The first kappa shape index (κ1) is 17.6. The van der Waals surface area contributed by atoms with Crippen LogP contribution in [0.2, 0.25) is 0 Å². The fourth-order valence-corrected chi connectivity index (χ4v) is 1.30. The summed E-state index contributed by atoms with van der Waals surface area (Å²) in [6, 6.07) is 4.92. The van der Waals surface area contributed by atoms with Gasteiger partial charge in [0.25, 0.3) is 6.43 Å². The van der Waals surface area contributed by atoms with Crippen LogP contribution in [0.15, 0.2) is 24.3 Å². The fourth-order valence-electron chi connectivity index (χ4n) is 1.30. The van der Waals surface area contributed by atoms with Gasteiger partial charge in [-0.2, -0.15) is 0 Å². The quantitative estimate of drug-likeness (QED) is 0.606. The van der Waals surface area contributed by atoms with Crippen LogP contribution in [0.1, 0.15) is 6.92 Å². The van der Waals surface area contributed by atoms with E-state index in [1.807, 2.05) is 0 Å². The lowest BCUT2D eigenvalue weighted by Crippen LogP contribution is -2.47. The van der Waals surface area contributed by atoms with Crippen molar-refractivity contribution in [1.29, 1.82) is 0 Å². The molecule has 0 radical (unpaired) electrons. The summed E-state index contributed by atoms with van der Waals surface area (Å²) in [6.07, 6.45) is -2.58. The lowest BCUT2D eigenvalue weighted by atomic mass is 10.1. The molecule has 1 rings (SSSR count). The Balaban J connectivity index is 2.46. The average Bonchev–Trinajstić information content (AvgIpc) is 2.44. The predicted molar refractivity (Wildman–Crippen MR) is 73.2 cm³/mol. The molecule has 2 amide bonds. The predicted octanol–water partition coefficient (Wildman–Crippen LogP) is 1.29. The maximum absolute atomic E-state index is 12.0. The normalized spacial score (nSPS) is 13.3. The number of carbonyl (C=O) groups is 2. The minimum absolute atomic E-state index is 0.222. The van der Waals surface area contributed by atoms with Crippen LogP contribution in [0, 0.1) is 0 Å². The Kier molecular flexibility index (Phi) is 6.05. The van der Waals surface area contributed by atoms with Gasteiger partial charge in [-0.25, -0.2) is 18.4 Å². The third kappa shape index (κ3) is 5.92. The van der Waals surface area contributed by atoms with Crippen molar-refractivity contribution in [3.63, 3.8) is 0 Å². The first-order valence-electron chi connectivity index (χ1n) is 6.22. The van der Waals surface area contributed by atoms with E-state index in [-0.39, 0.29) is 5.75 Å². The molecule has 0 spiro atoms. The molecule has 4 N–H and O–H groups in total. The van der Waals surface area contributed by atoms with Crippen molar-refractivity contribution >= 4 is 17.7 Å². The highest BCUT2D eigenvalue weighted by atomic mass is 19.3. The zero-order chi connectivity index (χ0) is 16.8. The van der Waals surface area contributed by atoms with Gasteiger partial charge >= 0.3 is 12.0 Å². The van der Waals surface area contributed by atoms with Crippen LogP contribution >= 0.6 is 0 Å². The molecule has 1 unspecified atom stereocenters. The molecule has 0 aliphatic carbocycles. The average molecular weight is 318 g/mol. The lowest BCUT2D eigenvalue weighted by molar-refractivity contribution is -0.155. The van der Waals surface area contributed by atoms with E-state index in [1.54, 1.807) is 0 Å². The van der Waals surface area contributed by atoms with Crippen LogP contribution in [0.3, 0.4) is 0 Å². The van der Waals surface area contributed by atoms with E-state index in [9.17, 15) is 23.5 Å². The summed E-state index contributed by atoms with van der Waals surface area (Å²) in [5.41, 5.74) is -1.73. The zero-order valence-corrected chi connectivity index (χ0v) is 11.7. The topological polar surface area (TPSA) is 108 Å². The van der Waals surface area contributed by atoms with Gasteiger partial charge < -0.3 is 25.6 Å². The number of nitrogens with one attached hydrogen (secondary N) is 2. The van der Waals surface area contributed by atoms with Gasteiger partial charge in [-0.3, -0.25) is 0 Å². The van der Waals surface area contributed by atoms with Crippen molar-refractivity contribution in [3.05, 3.63) is 24.3 Å². The molecule has 122 valence electrons. The molecule has 1 aromatic rings. The lowest BCUT2D eigenvalue weighted by Gasteiger charge is -2.18. The molecule has 0 heterocycles. The Morgan fingerprint density at radius 2 is 1.91 bits per heavy atom. The third-order valence-corrected chi connectivity index (χ3v) is 2.54. The fraction of sp³-hybridized carbons (Fsp3) is 0.385. The first-order valence-corrected chi connectivity index (χ1v) is 6.22. The molecule has 22 heavy (non-hydrogen) atoms. The van der Waals surface area contributed by atoms with Crippen molar-refractivity contribution in [2.45, 2.75) is 19.0 Å². The second-order valence-electron chi connectivity index (χ2n) is 4.61. The standard InChI is InChI=1S/C13H16F2N2O5/c1-13(21,11(18)19)7-16-12(20)17-8-2-4-9(5-3-8)22-6-10(14)15/h2-5,10,21H,6-7H2,1H3,(H,18,19)(H2,16,17,20). The van der Waals surface area contributed by atoms with Gasteiger partial charge in [-0.1, -0.05) is 0 Å². The van der Waals surface area contributed by atoms with Crippen LogP contribution in [0.5, 0.6) is 5.75 Å². The second-order valence-corrected chi connectivity index (χ2v) is 4.61. The zero-order valence-electron chi connectivity index (χ0n) is 11.7. The van der Waals surface area contributed by atoms with Crippen LogP contribution < -0.4 is 15.4 Å². The number of carboxylic acid groups (broad SMARTS) is 1. The van der Waals surface area contributed by atoms with Crippen molar-refractivity contribution in [2.24, 2.45) is 0 Å². The van der Waals surface area contributed by atoms with E-state index in [2.05, 4.69) is 10.6 Å². The summed E-state index contributed by atoms with van der Waals surface area (Å²) < 4.78 is 28.7. The van der Waals surface area contributed by atoms with Gasteiger partial charge in [0.2, 0.25) is 0 Å². The number of urea groups is 1. The molecule has 7 nitrogen and oxygen atoms in total. The summed E-state index contributed by atoms with van der Waals surface area (Å²) in [5.74, 6) is -1.24. The van der Waals surface area contributed by atoms with E-state index in [4.69, 9.17) is 9.84 Å². The van der Waals surface area contributed by atoms with Crippen molar-refractivity contribution in [2.75, 3.05) is 18.5 Å². The number of anilines is 1. The molecule has 0 aliphatic rings. The Labute approximate surface area is 124 Å². The molecule has 0 saturated heterocycles. The minimum Gasteiger partial charge on any atom is -0.488 e. The van der Waals surface area contributed by atoms with Crippen LogP contribution in [0.4, 0.5) is 19.3 Å². The number of hydrogen-bond donors (Lipinski definition) is 4. The molecule has 0 bridgehead atoms. The number of hydrogen-bond acceptors (Lipinski definition) is 4. The van der Waals surface area contributed by atoms with Gasteiger partial charge in [-0.15, -0.1) is 0 Å². The van der Waals surface area contributed by atoms with E-state index >= 15 is 0 Å². The number of rotatable bonds is 7. The van der Waals surface area contributed by atoms with Crippen LogP contribution in [-0.4, -0.2) is 47.4 Å². The highest BCUT2D eigenvalue weighted by Crippen LogP contribution is 2.16. The third-order valence-electron chi connectivity index (χ3n) is 2.54. The SMILES string of the molecule is CC(O)(CNC(=O)Nc1ccc(OCC(F)F)cc1)C(=O)O. The number of aliphatic carboxylic acids is 1. The summed E-state index contributed by atoms with van der Waals surface area (Å²) in [5, 5.41) is 22.7. The Morgan fingerprint density at radius 3 is 2.41 bits per heavy atom. The number of halogens is 2. The summed E-state index contributed by atoms with van der Waals surface area (Å²) in [7, 11) is 0. The molecule has 0 aromatic heterocycles. The first-order chi connectivity index (χ1) is 10.2. The number of amides is 2. The molecular weight excluding hydrogens is 302 g/mol. The number of ether oxygens (including phenoxy) is 1. The minimum atomic E-state index is -2.58. The van der Waals surface area contributed by atoms with Gasteiger partial charge in [0.15, 0.2) is 5.60 Å². The van der Waals surface area contributed by atoms with Gasteiger partial charge in [0.05, 0.1) is 6.54 Å². The monoisotopic (exact) mass is 318 g/mol. The highest BCUT2D eigenvalue weighted by molar-refractivity contribution is 5.90. The largest absolute Gasteiger partial charge is 0.488 e. The molecule has 1 atom stereocenters. The Morgan fingerprint density at radius 1 is 1.32 bits per heavy atom. The summed E-state index contributed by atoms with van der Waals surface area (Å²) in [6.45, 7) is -0.161. The smallest absolute Gasteiger partial charge is 0.337 e. The summed E-state index contributed by atoms with van der Waals surface area (Å²) >= 11 is 0. The molecule has 1 aromatic carbocycles. The van der Waals surface area contributed by atoms with Gasteiger partial charge in [0.1, 0.15) is 12.4 Å². The van der Waals surface area contributed by atoms with E-state index in [0.29, 0.717) is 5.69 Å². The van der Waals surface area contributed by atoms with Gasteiger partial charge in [0, 0.05) is 5.69 Å². The van der Waals surface area contributed by atoms with E-state index < -0.39 is 37.2 Å². The highest BCUT2D eigenvalue weighted by Gasteiger charge is 2.30. The maximum atomic E-state index is 12.0. The van der Waals surface area contributed by atoms with Gasteiger partial charge in [-0.05, 0) is 31.2 Å². The number of carboxylic acids is 1. The number of benzene rings is 1. The summed E-state index contributed by atoms with van der Waals surface area (Å²) in [4.78, 5) is 22.2. The molecule has 0 fully saturated rings. The molecule has 0 saturated carbocycles. The van der Waals surface area contributed by atoms with E-state index in [0.717, 1.165) is 6.92 Å². The Hall–Kier alpha value is -2.42. The number of alkyl halides is 2. The van der Waals surface area contributed by atoms with Crippen molar-refractivity contribution in [3.8, 4) is 5.75 Å². The van der Waals surface area contributed by atoms with Crippen molar-refractivity contribution in [1.82, 2.24) is 5.32 Å². The Bertz CT molecular complexity index is 520.